The molecule has 1 fully saturated rings. The third-order valence-corrected chi connectivity index (χ3v) is 6.50. The van der Waals surface area contributed by atoms with E-state index in [9.17, 15) is 9.59 Å². The van der Waals surface area contributed by atoms with Crippen molar-refractivity contribution in [3.63, 3.8) is 0 Å². The predicted octanol–water partition coefficient (Wildman–Crippen LogP) is 4.32. The van der Waals surface area contributed by atoms with Crippen LogP contribution >= 0.6 is 22.7 Å². The highest BCUT2D eigenvalue weighted by atomic mass is 32.1. The molecule has 4 rings (SSSR count). The number of anilines is 1. The van der Waals surface area contributed by atoms with Crippen LogP contribution in [0.15, 0.2) is 48.0 Å². The van der Waals surface area contributed by atoms with E-state index >= 15 is 0 Å². The minimum absolute atomic E-state index is 0.130. The topological polar surface area (TPSA) is 62.3 Å². The van der Waals surface area contributed by atoms with Crippen LogP contribution in [0.1, 0.15) is 34.5 Å². The monoisotopic (exact) mass is 397 g/mol. The quantitative estimate of drug-likeness (QED) is 0.697. The van der Waals surface area contributed by atoms with E-state index < -0.39 is 0 Å². The van der Waals surface area contributed by atoms with Crippen LogP contribution in [0.2, 0.25) is 0 Å². The van der Waals surface area contributed by atoms with Crippen LogP contribution in [-0.4, -0.2) is 23.3 Å². The van der Waals surface area contributed by atoms with E-state index in [4.69, 9.17) is 0 Å². The summed E-state index contributed by atoms with van der Waals surface area (Å²) in [7, 11) is 0. The lowest BCUT2D eigenvalue weighted by molar-refractivity contribution is -0.119. The Hall–Kier alpha value is -2.51. The first-order valence-corrected chi connectivity index (χ1v) is 10.6. The van der Waals surface area contributed by atoms with Crippen LogP contribution in [0.5, 0.6) is 0 Å². The fourth-order valence-electron chi connectivity index (χ4n) is 3.08. The van der Waals surface area contributed by atoms with Gasteiger partial charge in [-0.25, -0.2) is 4.98 Å². The van der Waals surface area contributed by atoms with Crippen molar-refractivity contribution in [3.05, 3.63) is 58.4 Å². The van der Waals surface area contributed by atoms with Crippen LogP contribution in [0.25, 0.3) is 9.88 Å². The molecule has 1 aromatic carbocycles. The largest absolute Gasteiger partial charge is 0.347 e. The number of hydrogen-bond acceptors (Lipinski definition) is 5. The van der Waals surface area contributed by atoms with Gasteiger partial charge in [0, 0.05) is 25.2 Å². The Morgan fingerprint density at radius 1 is 1.22 bits per heavy atom. The van der Waals surface area contributed by atoms with Crippen molar-refractivity contribution in [1.82, 2.24) is 10.3 Å². The number of nitrogens with zero attached hydrogens (tertiary/aromatic N) is 2. The zero-order valence-corrected chi connectivity index (χ0v) is 16.3. The molecule has 1 aliphatic rings. The molecule has 0 bridgehead atoms. The van der Waals surface area contributed by atoms with E-state index in [-0.39, 0.29) is 11.8 Å². The summed E-state index contributed by atoms with van der Waals surface area (Å²) in [6, 6.07) is 11.8. The van der Waals surface area contributed by atoms with Crippen molar-refractivity contribution >= 4 is 40.2 Å². The van der Waals surface area contributed by atoms with Crippen molar-refractivity contribution in [2.45, 2.75) is 25.8 Å². The Kier molecular flexibility index (Phi) is 5.31. The Morgan fingerprint density at radius 2 is 2.15 bits per heavy atom. The van der Waals surface area contributed by atoms with Crippen molar-refractivity contribution < 1.29 is 9.59 Å². The minimum atomic E-state index is -0.130. The van der Waals surface area contributed by atoms with Gasteiger partial charge in [-0.3, -0.25) is 9.59 Å². The Labute approximate surface area is 165 Å². The van der Waals surface area contributed by atoms with Gasteiger partial charge in [-0.1, -0.05) is 18.2 Å². The van der Waals surface area contributed by atoms with Gasteiger partial charge in [0.1, 0.15) is 9.88 Å². The standard InChI is InChI=1S/C20H19N3O2S2/c24-18-8-1-2-9-23(18)15-6-3-5-14(11-15)12-21-19(25)17-13-22-20(27-17)16-7-4-10-26-16/h3-7,10-11,13H,1-2,8-9,12H2,(H,21,25). The van der Waals surface area contributed by atoms with E-state index in [0.29, 0.717) is 17.8 Å². The molecule has 3 heterocycles. The van der Waals surface area contributed by atoms with Gasteiger partial charge >= 0.3 is 0 Å². The van der Waals surface area contributed by atoms with Crippen molar-refractivity contribution in [1.29, 1.82) is 0 Å². The number of amides is 2. The molecule has 27 heavy (non-hydrogen) atoms. The summed E-state index contributed by atoms with van der Waals surface area (Å²) in [5, 5.41) is 5.81. The molecule has 1 aliphatic heterocycles. The lowest BCUT2D eigenvalue weighted by atomic mass is 10.1. The predicted molar refractivity (Wildman–Crippen MR) is 109 cm³/mol. The molecule has 0 spiro atoms. The summed E-state index contributed by atoms with van der Waals surface area (Å²) in [6.07, 6.45) is 4.23. The lowest BCUT2D eigenvalue weighted by Gasteiger charge is -2.27. The molecule has 7 heteroatoms. The van der Waals surface area contributed by atoms with Crippen LogP contribution in [0, 0.1) is 0 Å². The summed E-state index contributed by atoms with van der Waals surface area (Å²) >= 11 is 3.00. The molecular weight excluding hydrogens is 378 g/mol. The number of carbonyl (C=O) groups is 2. The maximum Gasteiger partial charge on any atom is 0.263 e. The number of nitrogens with one attached hydrogen (secondary N) is 1. The van der Waals surface area contributed by atoms with Crippen molar-refractivity contribution in [2.75, 3.05) is 11.4 Å². The van der Waals surface area contributed by atoms with Gasteiger partial charge in [-0.2, -0.15) is 0 Å². The molecule has 1 saturated heterocycles. The van der Waals surface area contributed by atoms with Gasteiger partial charge < -0.3 is 10.2 Å². The third-order valence-electron chi connectivity index (χ3n) is 4.46. The number of piperidine rings is 1. The number of thiophene rings is 1. The highest BCUT2D eigenvalue weighted by Crippen LogP contribution is 2.29. The summed E-state index contributed by atoms with van der Waals surface area (Å²) in [5.74, 6) is 0.0444. The molecule has 0 aliphatic carbocycles. The molecule has 138 valence electrons. The number of thiazole rings is 1. The van der Waals surface area contributed by atoms with Crippen molar-refractivity contribution in [2.24, 2.45) is 0 Å². The second-order valence-corrected chi connectivity index (χ2v) is 8.34. The number of benzene rings is 1. The fraction of sp³-hybridized carbons (Fsp3) is 0.250. The van der Waals surface area contributed by atoms with Gasteiger partial charge in [0.05, 0.1) is 11.1 Å². The van der Waals surface area contributed by atoms with Gasteiger partial charge in [0.25, 0.3) is 5.91 Å². The Morgan fingerprint density at radius 3 is 2.96 bits per heavy atom. The summed E-state index contributed by atoms with van der Waals surface area (Å²) in [5.41, 5.74) is 1.88. The normalized spacial score (nSPS) is 14.4. The van der Waals surface area contributed by atoms with Gasteiger partial charge in [-0.15, -0.1) is 22.7 Å². The number of rotatable bonds is 5. The molecule has 2 amide bonds. The molecule has 2 aromatic heterocycles. The molecule has 5 nitrogen and oxygen atoms in total. The average Bonchev–Trinajstić information content (AvgIpc) is 3.38. The summed E-state index contributed by atoms with van der Waals surface area (Å²) in [6.45, 7) is 1.18. The molecule has 3 aromatic rings. The van der Waals surface area contributed by atoms with E-state index in [1.807, 2.05) is 46.7 Å². The first kappa shape index (κ1) is 17.9. The van der Waals surface area contributed by atoms with Crippen molar-refractivity contribution in [3.8, 4) is 9.88 Å². The molecular formula is C20H19N3O2S2. The number of carbonyl (C=O) groups excluding carboxylic acids is 2. The van der Waals surface area contributed by atoms with Crippen LogP contribution in [-0.2, 0) is 11.3 Å². The fourth-order valence-corrected chi connectivity index (χ4v) is 4.71. The van der Waals surface area contributed by atoms with Gasteiger partial charge in [0.15, 0.2) is 0 Å². The lowest BCUT2D eigenvalue weighted by Crippen LogP contribution is -2.35. The van der Waals surface area contributed by atoms with Crippen LogP contribution in [0.3, 0.4) is 0 Å². The van der Waals surface area contributed by atoms with Gasteiger partial charge in [-0.05, 0) is 42.0 Å². The zero-order chi connectivity index (χ0) is 18.6. The Balaban J connectivity index is 1.40. The van der Waals surface area contributed by atoms with Crippen LogP contribution in [0.4, 0.5) is 5.69 Å². The average molecular weight is 398 g/mol. The van der Waals surface area contributed by atoms with E-state index in [1.54, 1.807) is 17.5 Å². The summed E-state index contributed by atoms with van der Waals surface area (Å²) < 4.78 is 0. The third kappa shape index (κ3) is 4.09. The van der Waals surface area contributed by atoms with Crippen LogP contribution < -0.4 is 10.2 Å². The van der Waals surface area contributed by atoms with Gasteiger partial charge in [0.2, 0.25) is 5.91 Å². The SMILES string of the molecule is O=C(NCc1cccc(N2CCCCC2=O)c1)c1cnc(-c2cccs2)s1. The minimum Gasteiger partial charge on any atom is -0.347 e. The highest BCUT2D eigenvalue weighted by Gasteiger charge is 2.19. The van der Waals surface area contributed by atoms with E-state index in [0.717, 1.165) is 40.5 Å². The molecule has 1 N–H and O–H groups in total. The smallest absolute Gasteiger partial charge is 0.263 e. The molecule has 0 radical (unpaired) electrons. The first-order chi connectivity index (χ1) is 13.2. The second-order valence-electron chi connectivity index (χ2n) is 6.36. The maximum atomic E-state index is 12.4. The number of aromatic nitrogens is 1. The van der Waals surface area contributed by atoms with E-state index in [1.165, 1.54) is 11.3 Å². The summed E-state index contributed by atoms with van der Waals surface area (Å²) in [4.78, 5) is 32.4. The molecule has 0 unspecified atom stereocenters. The molecule has 0 saturated carbocycles. The zero-order valence-electron chi connectivity index (χ0n) is 14.7. The number of hydrogen-bond donors (Lipinski definition) is 1. The first-order valence-electron chi connectivity index (χ1n) is 8.88. The Bertz CT molecular complexity index is 950. The highest BCUT2D eigenvalue weighted by molar-refractivity contribution is 7.21. The molecule has 0 atom stereocenters. The maximum absolute atomic E-state index is 12.4. The second kappa shape index (κ2) is 8.02. The van der Waals surface area contributed by atoms with E-state index in [2.05, 4.69) is 10.3 Å².